The van der Waals surface area contributed by atoms with Gasteiger partial charge in [-0.3, -0.25) is 0 Å². The number of hydrogen-bond donors (Lipinski definition) is 3. The number of aliphatic hydroxyl groups is 1. The topological polar surface area (TPSA) is 70.2 Å². The summed E-state index contributed by atoms with van der Waals surface area (Å²) in [7, 11) is 0. The molecule has 0 amide bonds. The van der Waals surface area contributed by atoms with E-state index in [1.54, 1.807) is 0 Å². The van der Waals surface area contributed by atoms with Crippen LogP contribution in [0, 0.1) is 0 Å². The van der Waals surface area contributed by atoms with Crippen molar-refractivity contribution in [2.75, 3.05) is 19.8 Å². The molecule has 0 aliphatic carbocycles. The third-order valence-electron chi connectivity index (χ3n) is 3.72. The van der Waals surface area contributed by atoms with Crippen LogP contribution in [0.2, 0.25) is 5.15 Å². The monoisotopic (exact) mass is 301 g/mol. The first-order chi connectivity index (χ1) is 9.63. The number of imidazole rings is 1. The smallest absolute Gasteiger partial charge is 0.151 e. The van der Waals surface area contributed by atoms with Crippen LogP contribution in [-0.4, -0.2) is 40.4 Å². The number of H-pyrrole nitrogens is 1. The molecule has 2 heterocycles. The van der Waals surface area contributed by atoms with Gasteiger partial charge >= 0.3 is 0 Å². The Labute approximate surface area is 125 Å². The lowest BCUT2D eigenvalue weighted by atomic mass is 9.94. The second-order valence-corrected chi connectivity index (χ2v) is 5.85. The van der Waals surface area contributed by atoms with E-state index >= 15 is 0 Å². The van der Waals surface area contributed by atoms with E-state index < -0.39 is 5.60 Å². The number of aromatic nitrogens is 2. The number of aromatic amines is 1. The molecule has 0 atom stereocenters. The van der Waals surface area contributed by atoms with E-state index in [4.69, 9.17) is 16.3 Å². The molecular weight excluding hydrogens is 278 g/mol. The molecule has 3 N–H and O–H groups in total. The van der Waals surface area contributed by atoms with Gasteiger partial charge in [0.05, 0.1) is 11.3 Å². The lowest BCUT2D eigenvalue weighted by molar-refractivity contribution is -0.0617. The van der Waals surface area contributed by atoms with Gasteiger partial charge in [0.2, 0.25) is 0 Å². The molecule has 0 radical (unpaired) electrons. The first-order valence-electron chi connectivity index (χ1n) is 7.37. The lowest BCUT2D eigenvalue weighted by Gasteiger charge is -2.32. The van der Waals surface area contributed by atoms with Crippen molar-refractivity contribution in [3.8, 4) is 0 Å². The fraction of sp³-hybridized carbons (Fsp3) is 0.786. The molecule has 6 heteroatoms. The Kier molecular flexibility index (Phi) is 5.84. The Bertz CT molecular complexity index is 417. The normalized spacial score (nSPS) is 18.4. The van der Waals surface area contributed by atoms with Gasteiger partial charge in [0.25, 0.3) is 0 Å². The Hall–Kier alpha value is -0.620. The predicted octanol–water partition coefficient (Wildman–Crippen LogP) is 2.04. The summed E-state index contributed by atoms with van der Waals surface area (Å²) in [5.74, 6) is 0.943. The van der Waals surface area contributed by atoms with Crippen LogP contribution in [0.25, 0.3) is 0 Å². The van der Waals surface area contributed by atoms with E-state index in [-0.39, 0.29) is 0 Å². The van der Waals surface area contributed by atoms with Gasteiger partial charge in [-0.25, -0.2) is 4.98 Å². The molecule has 2 rings (SSSR count). The molecule has 1 aliphatic heterocycles. The summed E-state index contributed by atoms with van der Waals surface area (Å²) in [5.41, 5.74) is 0.240. The van der Waals surface area contributed by atoms with Gasteiger partial charge in [0.1, 0.15) is 5.82 Å². The van der Waals surface area contributed by atoms with Crippen molar-refractivity contribution < 1.29 is 9.84 Å². The Morgan fingerprint density at radius 1 is 1.45 bits per heavy atom. The van der Waals surface area contributed by atoms with Gasteiger partial charge < -0.3 is 20.1 Å². The third-order valence-corrected chi connectivity index (χ3v) is 4.04. The highest BCUT2D eigenvalue weighted by atomic mass is 35.5. The van der Waals surface area contributed by atoms with E-state index in [9.17, 15) is 5.11 Å². The van der Waals surface area contributed by atoms with E-state index in [1.807, 2.05) is 0 Å². The molecule has 0 spiro atoms. The zero-order valence-corrected chi connectivity index (χ0v) is 12.8. The Morgan fingerprint density at radius 2 is 2.20 bits per heavy atom. The van der Waals surface area contributed by atoms with E-state index in [0.29, 0.717) is 44.3 Å². The van der Waals surface area contributed by atoms with Crippen molar-refractivity contribution >= 4 is 11.6 Å². The number of hydrogen-bond acceptors (Lipinski definition) is 4. The molecule has 0 bridgehead atoms. The van der Waals surface area contributed by atoms with Crippen molar-refractivity contribution in [1.29, 1.82) is 0 Å². The Morgan fingerprint density at radius 3 is 2.90 bits per heavy atom. The number of unbranched alkanes of at least 4 members (excludes halogenated alkanes) is 1. The Balaban J connectivity index is 1.79. The molecule has 0 saturated carbocycles. The fourth-order valence-corrected chi connectivity index (χ4v) is 2.58. The van der Waals surface area contributed by atoms with Crippen molar-refractivity contribution in [1.82, 2.24) is 15.3 Å². The summed E-state index contributed by atoms with van der Waals surface area (Å²) in [6.45, 7) is 4.56. The van der Waals surface area contributed by atoms with Crippen molar-refractivity contribution in [2.24, 2.45) is 0 Å². The summed E-state index contributed by atoms with van der Waals surface area (Å²) in [4.78, 5) is 7.57. The van der Waals surface area contributed by atoms with Crippen LogP contribution in [0.1, 0.15) is 44.1 Å². The van der Waals surface area contributed by atoms with Crippen LogP contribution in [0.4, 0.5) is 0 Å². The first kappa shape index (κ1) is 15.8. The van der Waals surface area contributed by atoms with Gasteiger partial charge in [-0.2, -0.15) is 0 Å². The van der Waals surface area contributed by atoms with Crippen molar-refractivity contribution in [3.63, 3.8) is 0 Å². The zero-order chi connectivity index (χ0) is 14.4. The second-order valence-electron chi connectivity index (χ2n) is 5.50. The summed E-state index contributed by atoms with van der Waals surface area (Å²) in [6, 6.07) is 0. The summed E-state index contributed by atoms with van der Waals surface area (Å²) < 4.78 is 5.26. The second kappa shape index (κ2) is 7.41. The first-order valence-corrected chi connectivity index (χ1v) is 7.75. The van der Waals surface area contributed by atoms with Crippen LogP contribution in [0.5, 0.6) is 0 Å². The molecule has 1 fully saturated rings. The predicted molar refractivity (Wildman–Crippen MR) is 78.9 cm³/mol. The molecular formula is C14H24ClN3O2. The van der Waals surface area contributed by atoms with Gasteiger partial charge in [-0.05, 0) is 6.42 Å². The van der Waals surface area contributed by atoms with E-state index in [1.165, 1.54) is 0 Å². The number of rotatable bonds is 7. The number of nitrogens with one attached hydrogen (secondary N) is 2. The molecule has 1 saturated heterocycles. The molecule has 114 valence electrons. The quantitative estimate of drug-likeness (QED) is 0.721. The van der Waals surface area contributed by atoms with E-state index in [0.717, 1.165) is 30.8 Å². The summed E-state index contributed by atoms with van der Waals surface area (Å²) in [6.07, 6.45) is 4.53. The molecule has 20 heavy (non-hydrogen) atoms. The third kappa shape index (κ3) is 4.45. The van der Waals surface area contributed by atoms with Gasteiger partial charge in [-0.1, -0.05) is 24.9 Å². The molecule has 1 aliphatic rings. The summed E-state index contributed by atoms with van der Waals surface area (Å²) >= 11 is 6.12. The maximum absolute atomic E-state index is 10.3. The highest BCUT2D eigenvalue weighted by Crippen LogP contribution is 2.20. The van der Waals surface area contributed by atoms with Crippen LogP contribution in [0.3, 0.4) is 0 Å². The van der Waals surface area contributed by atoms with Crippen LogP contribution in [-0.2, 0) is 17.7 Å². The minimum Gasteiger partial charge on any atom is -0.388 e. The highest BCUT2D eigenvalue weighted by molar-refractivity contribution is 6.30. The largest absolute Gasteiger partial charge is 0.388 e. The number of ether oxygens (including phenoxy) is 1. The maximum atomic E-state index is 10.3. The SMILES string of the molecule is CCCCc1nc(Cl)c(CNCC2(O)CCOCC2)[nH]1. The molecule has 5 nitrogen and oxygen atoms in total. The fourth-order valence-electron chi connectivity index (χ4n) is 2.37. The van der Waals surface area contributed by atoms with Crippen LogP contribution in [0.15, 0.2) is 0 Å². The van der Waals surface area contributed by atoms with Gasteiger partial charge in [0.15, 0.2) is 5.15 Å². The number of nitrogens with zero attached hydrogens (tertiary/aromatic N) is 1. The standard InChI is InChI=1S/C14H24ClN3O2/c1-2-3-4-12-17-11(13(15)18-12)9-16-10-14(19)5-7-20-8-6-14/h16,19H,2-10H2,1H3,(H,17,18). The van der Waals surface area contributed by atoms with Gasteiger partial charge in [-0.15, -0.1) is 0 Å². The van der Waals surface area contributed by atoms with Crippen LogP contribution >= 0.6 is 11.6 Å². The molecule has 0 aromatic carbocycles. The minimum absolute atomic E-state index is 0.530. The van der Waals surface area contributed by atoms with Crippen molar-refractivity contribution in [3.05, 3.63) is 16.7 Å². The molecule has 0 unspecified atom stereocenters. The average Bonchev–Trinajstić information content (AvgIpc) is 2.78. The summed E-state index contributed by atoms with van der Waals surface area (Å²) in [5, 5.41) is 14.1. The molecule has 1 aromatic heterocycles. The minimum atomic E-state index is -0.657. The highest BCUT2D eigenvalue weighted by Gasteiger charge is 2.29. The maximum Gasteiger partial charge on any atom is 0.151 e. The van der Waals surface area contributed by atoms with E-state index in [2.05, 4.69) is 22.2 Å². The number of halogens is 1. The van der Waals surface area contributed by atoms with Gasteiger partial charge in [0, 0.05) is 45.6 Å². The lowest BCUT2D eigenvalue weighted by Crippen LogP contribution is -2.44. The zero-order valence-electron chi connectivity index (χ0n) is 12.0. The number of aryl methyl sites for hydroxylation is 1. The van der Waals surface area contributed by atoms with Crippen LogP contribution < -0.4 is 5.32 Å². The molecule has 1 aromatic rings. The van der Waals surface area contributed by atoms with Crippen molar-refractivity contribution in [2.45, 2.75) is 51.2 Å². The average molecular weight is 302 g/mol.